The third-order valence-electron chi connectivity index (χ3n) is 6.25. The number of benzene rings is 1. The first kappa shape index (κ1) is 19.1. The summed E-state index contributed by atoms with van der Waals surface area (Å²) in [6.07, 6.45) is 7.94. The van der Waals surface area contributed by atoms with E-state index in [1.807, 2.05) is 4.57 Å². The van der Waals surface area contributed by atoms with Gasteiger partial charge in [0.25, 0.3) is 5.91 Å². The molecule has 2 fully saturated rings. The van der Waals surface area contributed by atoms with E-state index in [4.69, 9.17) is 5.73 Å². The largest absolute Gasteiger partial charge is 0.363 e. The molecule has 2 N–H and O–H groups in total. The predicted octanol–water partition coefficient (Wildman–Crippen LogP) is 3.31. The molecule has 6 nitrogen and oxygen atoms in total. The molecule has 1 radical (unpaired) electrons. The second-order valence-corrected chi connectivity index (χ2v) is 8.42. The number of rotatable bonds is 7. The number of carbonyl (C=O) groups excluding carboxylic acids is 1. The van der Waals surface area contributed by atoms with Crippen LogP contribution in [0.25, 0.3) is 0 Å². The van der Waals surface area contributed by atoms with Crippen molar-refractivity contribution in [2.45, 2.75) is 70.0 Å². The Morgan fingerprint density at radius 3 is 2.43 bits per heavy atom. The van der Waals surface area contributed by atoms with E-state index in [-0.39, 0.29) is 12.0 Å². The Morgan fingerprint density at radius 1 is 1.14 bits per heavy atom. The third-order valence-corrected chi connectivity index (χ3v) is 6.25. The molecule has 4 rings (SSSR count). The maximum Gasteiger partial charge on any atom is 0.286 e. The average Bonchev–Trinajstić information content (AvgIpc) is 3.22. The smallest absolute Gasteiger partial charge is 0.286 e. The fraction of sp³-hybridized carbons (Fsp3) is 0.545. The average molecular weight is 381 g/mol. The predicted molar refractivity (Wildman–Crippen MR) is 109 cm³/mol. The summed E-state index contributed by atoms with van der Waals surface area (Å²) in [6.45, 7) is 5.28. The topological polar surface area (TPSA) is 77.0 Å². The van der Waals surface area contributed by atoms with Crippen molar-refractivity contribution in [3.63, 3.8) is 0 Å². The van der Waals surface area contributed by atoms with Crippen molar-refractivity contribution < 1.29 is 4.79 Å². The summed E-state index contributed by atoms with van der Waals surface area (Å²) in [4.78, 5) is 14.6. The highest BCUT2D eigenvalue weighted by Gasteiger charge is 2.42. The third kappa shape index (κ3) is 3.70. The quantitative estimate of drug-likeness (QED) is 0.799. The molecule has 1 amide bonds. The molecule has 2 unspecified atom stereocenters. The van der Waals surface area contributed by atoms with Gasteiger partial charge in [-0.05, 0) is 50.6 Å². The fourth-order valence-corrected chi connectivity index (χ4v) is 5.02. The van der Waals surface area contributed by atoms with Crippen molar-refractivity contribution in [2.75, 3.05) is 6.54 Å². The van der Waals surface area contributed by atoms with Crippen LogP contribution in [-0.2, 0) is 0 Å². The molecule has 2 atom stereocenters. The number of nitrogens with two attached hydrogens (primary N) is 1. The van der Waals surface area contributed by atoms with Crippen molar-refractivity contribution in [3.05, 3.63) is 54.0 Å². The molecule has 1 aromatic heterocycles. The molecule has 2 aromatic rings. The van der Waals surface area contributed by atoms with Crippen LogP contribution in [0.4, 0.5) is 0 Å². The molecular weight excluding hydrogens is 350 g/mol. The molecule has 28 heavy (non-hydrogen) atoms. The molecule has 149 valence electrons. The van der Waals surface area contributed by atoms with Gasteiger partial charge in [0.15, 0.2) is 0 Å². The summed E-state index contributed by atoms with van der Waals surface area (Å²) in [5.74, 6) is 0.936. The second kappa shape index (κ2) is 8.03. The van der Waals surface area contributed by atoms with Gasteiger partial charge in [0.1, 0.15) is 5.82 Å². The molecule has 2 saturated heterocycles. The highest BCUT2D eigenvalue weighted by atomic mass is 16.1. The Balaban J connectivity index is 1.44. The fourth-order valence-electron chi connectivity index (χ4n) is 5.02. The number of fused-ring (bicyclic) bond motifs is 2. The lowest BCUT2D eigenvalue weighted by Gasteiger charge is -2.40. The number of nitrogens with zero attached hydrogens (tertiary/aromatic N) is 4. The van der Waals surface area contributed by atoms with Gasteiger partial charge in [0.05, 0.1) is 0 Å². The van der Waals surface area contributed by atoms with E-state index >= 15 is 0 Å². The van der Waals surface area contributed by atoms with Gasteiger partial charge in [-0.2, -0.15) is 0 Å². The molecule has 0 aliphatic carbocycles. The van der Waals surface area contributed by atoms with Crippen LogP contribution in [0, 0.1) is 6.42 Å². The zero-order valence-electron chi connectivity index (χ0n) is 16.8. The van der Waals surface area contributed by atoms with Gasteiger partial charge in [0.2, 0.25) is 5.82 Å². The van der Waals surface area contributed by atoms with Crippen LogP contribution in [0.15, 0.2) is 30.3 Å². The van der Waals surface area contributed by atoms with E-state index < -0.39 is 5.91 Å². The van der Waals surface area contributed by atoms with Crippen LogP contribution in [0.1, 0.15) is 79.9 Å². The lowest BCUT2D eigenvalue weighted by molar-refractivity contribution is 0.0936. The molecule has 2 aliphatic rings. The molecule has 2 bridgehead atoms. The first-order valence-corrected chi connectivity index (χ1v) is 10.4. The molecule has 0 saturated carbocycles. The first-order valence-electron chi connectivity index (χ1n) is 10.4. The van der Waals surface area contributed by atoms with Crippen LogP contribution in [0.5, 0.6) is 0 Å². The minimum Gasteiger partial charge on any atom is -0.363 e. The van der Waals surface area contributed by atoms with Crippen molar-refractivity contribution in [1.82, 2.24) is 19.7 Å². The summed E-state index contributed by atoms with van der Waals surface area (Å²) in [5, 5.41) is 8.38. The molecule has 3 heterocycles. The Bertz CT molecular complexity index is 802. The maximum absolute atomic E-state index is 11.9. The summed E-state index contributed by atoms with van der Waals surface area (Å²) in [6, 6.07) is 11.9. The number of amides is 1. The number of hydrogen-bond acceptors (Lipinski definition) is 4. The van der Waals surface area contributed by atoms with Crippen molar-refractivity contribution in [2.24, 2.45) is 5.73 Å². The van der Waals surface area contributed by atoms with Gasteiger partial charge in [-0.1, -0.05) is 44.2 Å². The van der Waals surface area contributed by atoms with E-state index in [0.717, 1.165) is 31.6 Å². The van der Waals surface area contributed by atoms with Crippen LogP contribution in [-0.4, -0.2) is 44.2 Å². The SMILES string of the molecule is CC(C)c1nnc(C(N)=O)n1C1CC2CCC(C1)N2CC[CH]c1ccccc1. The summed E-state index contributed by atoms with van der Waals surface area (Å²) in [7, 11) is 0. The molecule has 2 aliphatic heterocycles. The van der Waals surface area contributed by atoms with E-state index in [9.17, 15) is 4.79 Å². The number of hydrogen-bond donors (Lipinski definition) is 1. The number of primary amides is 1. The van der Waals surface area contributed by atoms with Gasteiger partial charge < -0.3 is 10.3 Å². The van der Waals surface area contributed by atoms with Gasteiger partial charge in [-0.15, -0.1) is 10.2 Å². The van der Waals surface area contributed by atoms with E-state index in [0.29, 0.717) is 17.9 Å². The van der Waals surface area contributed by atoms with Crippen LogP contribution in [0.2, 0.25) is 0 Å². The monoisotopic (exact) mass is 380 g/mol. The molecule has 1 aromatic carbocycles. The van der Waals surface area contributed by atoms with E-state index in [2.05, 4.69) is 65.7 Å². The van der Waals surface area contributed by atoms with Gasteiger partial charge >= 0.3 is 0 Å². The normalized spacial score (nSPS) is 24.8. The lowest BCUT2D eigenvalue weighted by Crippen LogP contribution is -2.44. The highest BCUT2D eigenvalue weighted by Crippen LogP contribution is 2.42. The van der Waals surface area contributed by atoms with Crippen LogP contribution in [0.3, 0.4) is 0 Å². The van der Waals surface area contributed by atoms with E-state index in [1.54, 1.807) is 0 Å². The summed E-state index contributed by atoms with van der Waals surface area (Å²) in [5.41, 5.74) is 6.88. The van der Waals surface area contributed by atoms with Gasteiger partial charge in [0, 0.05) is 24.0 Å². The number of carbonyl (C=O) groups is 1. The Kier molecular flexibility index (Phi) is 5.49. The Morgan fingerprint density at radius 2 is 1.82 bits per heavy atom. The van der Waals surface area contributed by atoms with Gasteiger partial charge in [-0.25, -0.2) is 0 Å². The van der Waals surface area contributed by atoms with Crippen LogP contribution >= 0.6 is 0 Å². The second-order valence-electron chi connectivity index (χ2n) is 8.42. The minimum absolute atomic E-state index is 0.219. The zero-order valence-corrected chi connectivity index (χ0v) is 16.8. The summed E-state index contributed by atoms with van der Waals surface area (Å²) < 4.78 is 2.05. The Hall–Kier alpha value is -2.21. The van der Waals surface area contributed by atoms with Crippen LogP contribution < -0.4 is 5.73 Å². The Labute approximate surface area is 167 Å². The molecular formula is C22H30N5O. The highest BCUT2D eigenvalue weighted by molar-refractivity contribution is 5.89. The van der Waals surface area contributed by atoms with Gasteiger partial charge in [-0.3, -0.25) is 9.69 Å². The number of aromatic nitrogens is 3. The maximum atomic E-state index is 11.9. The van der Waals surface area contributed by atoms with E-state index in [1.165, 1.54) is 18.4 Å². The molecule has 0 spiro atoms. The first-order chi connectivity index (χ1) is 13.5. The van der Waals surface area contributed by atoms with Crippen molar-refractivity contribution >= 4 is 5.91 Å². The van der Waals surface area contributed by atoms with Crippen molar-refractivity contribution in [3.8, 4) is 0 Å². The standard InChI is InChI=1S/C22H30N5O/c1-15(2)21-24-25-22(20(23)28)27(21)19-13-17-10-11-18(14-19)26(17)12-6-9-16-7-4-3-5-8-16/h3-5,7-9,15,17-19H,6,10-14H2,1-2H3,(H2,23,28). The minimum atomic E-state index is -0.480. The zero-order chi connectivity index (χ0) is 19.7. The number of piperidine rings is 1. The molecule has 6 heteroatoms. The van der Waals surface area contributed by atoms with Crippen molar-refractivity contribution in [1.29, 1.82) is 0 Å². The lowest BCUT2D eigenvalue weighted by atomic mass is 9.95. The summed E-state index contributed by atoms with van der Waals surface area (Å²) >= 11 is 0.